The maximum atomic E-state index is 9.79. The van der Waals surface area contributed by atoms with E-state index < -0.39 is 0 Å². The van der Waals surface area contributed by atoms with E-state index in [9.17, 15) is 5.11 Å². The number of phenolic OH excluding ortho intramolecular Hbond substituents is 1. The fraction of sp³-hybridized carbons (Fsp3) is 0.0833. The summed E-state index contributed by atoms with van der Waals surface area (Å²) < 4.78 is 5.17. The fourth-order valence-electron chi connectivity index (χ4n) is 1.58. The van der Waals surface area contributed by atoms with Gasteiger partial charge in [0, 0.05) is 6.20 Å². The quantitative estimate of drug-likeness (QED) is 0.766. The monoisotopic (exact) mass is 259 g/mol. The van der Waals surface area contributed by atoms with Gasteiger partial charge in [-0.15, -0.1) is 11.3 Å². The van der Waals surface area contributed by atoms with E-state index in [1.165, 1.54) is 11.3 Å². The van der Waals surface area contributed by atoms with Crippen molar-refractivity contribution < 1.29 is 9.63 Å². The molecule has 90 valence electrons. The zero-order valence-electron chi connectivity index (χ0n) is 9.49. The largest absolute Gasteiger partial charge is 0.507 e. The van der Waals surface area contributed by atoms with Gasteiger partial charge in [0.05, 0.1) is 16.0 Å². The average molecular weight is 259 g/mol. The summed E-state index contributed by atoms with van der Waals surface area (Å²) in [5.41, 5.74) is 3.26. The molecule has 0 bridgehead atoms. The summed E-state index contributed by atoms with van der Waals surface area (Å²) in [5.74, 6) is 0.910. The predicted octanol–water partition coefficient (Wildman–Crippen LogP) is 2.87. The summed E-state index contributed by atoms with van der Waals surface area (Å²) >= 11 is 1.43. The number of rotatable bonds is 2. The normalized spacial score (nSPS) is 10.7. The molecule has 0 aliphatic carbocycles. The van der Waals surface area contributed by atoms with Crippen LogP contribution >= 0.6 is 11.3 Å². The van der Waals surface area contributed by atoms with Gasteiger partial charge in [-0.05, 0) is 19.1 Å². The lowest BCUT2D eigenvalue weighted by Crippen LogP contribution is -1.81. The predicted molar refractivity (Wildman–Crippen MR) is 67.2 cm³/mol. The molecule has 1 aromatic carbocycles. The van der Waals surface area contributed by atoms with Gasteiger partial charge < -0.3 is 9.63 Å². The lowest BCUT2D eigenvalue weighted by atomic mass is 10.1. The van der Waals surface area contributed by atoms with Crippen molar-refractivity contribution in [2.24, 2.45) is 0 Å². The summed E-state index contributed by atoms with van der Waals surface area (Å²) in [7, 11) is 0. The van der Waals surface area contributed by atoms with Crippen molar-refractivity contribution in [3.63, 3.8) is 0 Å². The first-order chi connectivity index (χ1) is 8.74. The molecule has 18 heavy (non-hydrogen) atoms. The average Bonchev–Trinajstić information content (AvgIpc) is 3.00. The smallest absolute Gasteiger partial charge is 0.262 e. The highest BCUT2D eigenvalue weighted by Gasteiger charge is 2.14. The third kappa shape index (κ3) is 1.86. The van der Waals surface area contributed by atoms with Gasteiger partial charge in [-0.1, -0.05) is 16.8 Å². The molecule has 0 aliphatic heterocycles. The zero-order chi connectivity index (χ0) is 12.5. The maximum Gasteiger partial charge on any atom is 0.262 e. The van der Waals surface area contributed by atoms with Crippen LogP contribution in [0.25, 0.3) is 22.2 Å². The molecule has 0 fully saturated rings. The zero-order valence-corrected chi connectivity index (χ0v) is 10.3. The number of hydrogen-bond donors (Lipinski definition) is 1. The van der Waals surface area contributed by atoms with Crippen LogP contribution in [0.15, 0.2) is 34.4 Å². The molecule has 6 heteroatoms. The lowest BCUT2D eigenvalue weighted by molar-refractivity contribution is 0.426. The number of phenols is 1. The molecule has 1 N–H and O–H groups in total. The van der Waals surface area contributed by atoms with E-state index in [2.05, 4.69) is 15.1 Å². The van der Waals surface area contributed by atoms with E-state index >= 15 is 0 Å². The number of hydrogen-bond acceptors (Lipinski definition) is 6. The molecule has 0 saturated carbocycles. The standard InChI is InChI=1S/C12H9N3O2S/c1-7-2-3-9(16)8(4-7)12-14-11(15-17-12)10-5-13-6-18-10/h2-6,16H,1H3. The fourth-order valence-corrected chi connectivity index (χ4v) is 2.13. The summed E-state index contributed by atoms with van der Waals surface area (Å²) in [5, 5.41) is 13.7. The van der Waals surface area contributed by atoms with Gasteiger partial charge in [0.25, 0.3) is 5.89 Å². The minimum Gasteiger partial charge on any atom is -0.507 e. The highest BCUT2D eigenvalue weighted by Crippen LogP contribution is 2.30. The second kappa shape index (κ2) is 4.23. The molecule has 2 aromatic heterocycles. The first-order valence-corrected chi connectivity index (χ1v) is 6.14. The van der Waals surface area contributed by atoms with Gasteiger partial charge in [-0.3, -0.25) is 4.98 Å². The third-order valence-electron chi connectivity index (χ3n) is 2.46. The van der Waals surface area contributed by atoms with Crippen LogP contribution in [0.5, 0.6) is 5.75 Å². The molecular weight excluding hydrogens is 250 g/mol. The van der Waals surface area contributed by atoms with Crippen molar-refractivity contribution in [1.82, 2.24) is 15.1 Å². The molecule has 2 heterocycles. The Labute approximate surface area is 107 Å². The van der Waals surface area contributed by atoms with Gasteiger partial charge in [0.15, 0.2) is 0 Å². The van der Waals surface area contributed by atoms with Gasteiger partial charge in [0.2, 0.25) is 5.82 Å². The van der Waals surface area contributed by atoms with Crippen LogP contribution in [-0.4, -0.2) is 20.2 Å². The van der Waals surface area contributed by atoms with E-state index in [-0.39, 0.29) is 5.75 Å². The molecule has 0 atom stereocenters. The van der Waals surface area contributed by atoms with Gasteiger partial charge >= 0.3 is 0 Å². The minimum atomic E-state index is 0.125. The molecule has 0 aliphatic rings. The molecule has 0 amide bonds. The second-order valence-corrected chi connectivity index (χ2v) is 4.70. The maximum absolute atomic E-state index is 9.79. The van der Waals surface area contributed by atoms with Crippen LogP contribution < -0.4 is 0 Å². The van der Waals surface area contributed by atoms with E-state index in [0.717, 1.165) is 10.4 Å². The molecular formula is C12H9N3O2S. The van der Waals surface area contributed by atoms with Gasteiger partial charge in [-0.2, -0.15) is 4.98 Å². The van der Waals surface area contributed by atoms with E-state index in [1.54, 1.807) is 23.8 Å². The van der Waals surface area contributed by atoms with Crippen LogP contribution in [0.2, 0.25) is 0 Å². The highest BCUT2D eigenvalue weighted by atomic mass is 32.1. The second-order valence-electron chi connectivity index (χ2n) is 3.81. The third-order valence-corrected chi connectivity index (χ3v) is 3.23. The molecule has 0 spiro atoms. The molecule has 5 nitrogen and oxygen atoms in total. The van der Waals surface area contributed by atoms with E-state index in [4.69, 9.17) is 4.52 Å². The Kier molecular flexibility index (Phi) is 2.56. The van der Waals surface area contributed by atoms with Crippen molar-refractivity contribution in [3.8, 4) is 27.9 Å². The molecule has 0 radical (unpaired) electrons. The molecule has 0 saturated heterocycles. The first-order valence-electron chi connectivity index (χ1n) is 5.26. The SMILES string of the molecule is Cc1ccc(O)c(-c2nc(-c3cncs3)no2)c1. The van der Waals surface area contributed by atoms with Crippen molar-refractivity contribution >= 4 is 11.3 Å². The van der Waals surface area contributed by atoms with Crippen LogP contribution in [0, 0.1) is 6.92 Å². The van der Waals surface area contributed by atoms with E-state index in [0.29, 0.717) is 17.3 Å². The van der Waals surface area contributed by atoms with Crippen molar-refractivity contribution in [1.29, 1.82) is 0 Å². The number of aromatic nitrogens is 3. The number of thiazole rings is 1. The number of nitrogens with zero attached hydrogens (tertiary/aromatic N) is 3. The number of aromatic hydroxyl groups is 1. The van der Waals surface area contributed by atoms with E-state index in [1.807, 2.05) is 13.0 Å². The summed E-state index contributed by atoms with van der Waals surface area (Å²) in [4.78, 5) is 9.05. The van der Waals surface area contributed by atoms with Gasteiger partial charge in [0.1, 0.15) is 5.75 Å². The molecule has 0 unspecified atom stereocenters. The van der Waals surface area contributed by atoms with Crippen LogP contribution in [0.3, 0.4) is 0 Å². The van der Waals surface area contributed by atoms with Crippen LogP contribution in [0.4, 0.5) is 0 Å². The minimum absolute atomic E-state index is 0.125. The number of benzene rings is 1. The Morgan fingerprint density at radius 2 is 2.22 bits per heavy atom. The highest BCUT2D eigenvalue weighted by molar-refractivity contribution is 7.13. The Morgan fingerprint density at radius 1 is 1.33 bits per heavy atom. The van der Waals surface area contributed by atoms with Crippen molar-refractivity contribution in [2.45, 2.75) is 6.92 Å². The van der Waals surface area contributed by atoms with Gasteiger partial charge in [-0.25, -0.2) is 0 Å². The first kappa shape index (κ1) is 10.9. The molecule has 3 rings (SSSR count). The Balaban J connectivity index is 2.05. The van der Waals surface area contributed by atoms with Crippen LogP contribution in [-0.2, 0) is 0 Å². The number of aryl methyl sites for hydroxylation is 1. The Hall–Kier alpha value is -2.21. The Bertz CT molecular complexity index is 676. The Morgan fingerprint density at radius 3 is 3.00 bits per heavy atom. The van der Waals surface area contributed by atoms with Crippen molar-refractivity contribution in [2.75, 3.05) is 0 Å². The lowest BCUT2D eigenvalue weighted by Gasteiger charge is -1.99. The van der Waals surface area contributed by atoms with Crippen LogP contribution in [0.1, 0.15) is 5.56 Å². The summed E-state index contributed by atoms with van der Waals surface area (Å²) in [6, 6.07) is 5.24. The summed E-state index contributed by atoms with van der Waals surface area (Å²) in [6.45, 7) is 1.93. The molecule has 3 aromatic rings. The summed E-state index contributed by atoms with van der Waals surface area (Å²) in [6.07, 6.45) is 1.68. The van der Waals surface area contributed by atoms with Crippen molar-refractivity contribution in [3.05, 3.63) is 35.5 Å². The topological polar surface area (TPSA) is 72.0 Å².